The Balaban J connectivity index is 1.75. The van der Waals surface area contributed by atoms with Gasteiger partial charge in [0.2, 0.25) is 0 Å². The Hall–Kier alpha value is -3.62. The highest BCUT2D eigenvalue weighted by Crippen LogP contribution is 2.21. The minimum absolute atomic E-state index is 0.105. The lowest BCUT2D eigenvalue weighted by atomic mass is 10.2. The molecule has 2 rings (SSSR count). The van der Waals surface area contributed by atoms with Crippen molar-refractivity contribution in [2.75, 3.05) is 47.3 Å². The summed E-state index contributed by atoms with van der Waals surface area (Å²) in [5.41, 5.74) is 9.14. The molecule has 0 saturated carbocycles. The number of benzene rings is 1. The number of rotatable bonds is 18. The number of aryl methyl sites for hydroxylation is 1. The minimum atomic E-state index is 0.105. The topological polar surface area (TPSA) is 79.8 Å². The molecule has 0 aliphatic heterocycles. The van der Waals surface area contributed by atoms with E-state index in [0.717, 1.165) is 42.3 Å². The molecule has 0 bridgehead atoms. The number of nitrogens with one attached hydrogen (secondary N) is 4. The molecule has 0 aliphatic carbocycles. The van der Waals surface area contributed by atoms with Crippen LogP contribution in [0.1, 0.15) is 12.1 Å². The third-order valence-electron chi connectivity index (χ3n) is 5.92. The van der Waals surface area contributed by atoms with Crippen molar-refractivity contribution in [2.45, 2.75) is 19.5 Å². The first-order valence-corrected chi connectivity index (χ1v) is 12.1. The zero-order valence-electron chi connectivity index (χ0n) is 22.2. The number of hydrogen-bond acceptors (Lipinski definition) is 7. The highest BCUT2D eigenvalue weighted by molar-refractivity contribution is 5.81. The molecule has 0 spiro atoms. The first-order valence-electron chi connectivity index (χ1n) is 12.1. The lowest BCUT2D eigenvalue weighted by Crippen LogP contribution is -2.32. The van der Waals surface area contributed by atoms with Crippen LogP contribution in [0.5, 0.6) is 0 Å². The van der Waals surface area contributed by atoms with Crippen molar-refractivity contribution in [1.29, 1.82) is 0 Å². The average molecular weight is 494 g/mol. The van der Waals surface area contributed by atoms with Crippen molar-refractivity contribution in [2.24, 2.45) is 0 Å². The number of hydrogen-bond donors (Lipinski definition) is 5. The SMILES string of the molecule is C=C(O)CN(C)C(=C)CNC(=C)CNC(=C)CNC(=C)CCn1c(CN(C)NC)cc2ccccc21. The van der Waals surface area contributed by atoms with Crippen molar-refractivity contribution in [3.05, 3.63) is 97.5 Å². The van der Waals surface area contributed by atoms with Crippen molar-refractivity contribution in [3.63, 3.8) is 0 Å². The highest BCUT2D eigenvalue weighted by Gasteiger charge is 2.11. The van der Waals surface area contributed by atoms with Gasteiger partial charge in [-0.05, 0) is 24.6 Å². The van der Waals surface area contributed by atoms with Gasteiger partial charge in [0.15, 0.2) is 0 Å². The van der Waals surface area contributed by atoms with Crippen LogP contribution in [0.2, 0.25) is 0 Å². The maximum Gasteiger partial charge on any atom is 0.104 e. The van der Waals surface area contributed by atoms with E-state index in [1.54, 1.807) is 0 Å². The third kappa shape index (κ3) is 9.20. The molecule has 1 aromatic heterocycles. The predicted molar refractivity (Wildman–Crippen MR) is 152 cm³/mol. The zero-order chi connectivity index (χ0) is 26.7. The van der Waals surface area contributed by atoms with E-state index in [1.807, 2.05) is 26.0 Å². The van der Waals surface area contributed by atoms with Crippen LogP contribution in [0, 0.1) is 0 Å². The normalized spacial score (nSPS) is 10.8. The van der Waals surface area contributed by atoms with Gasteiger partial charge in [-0.1, -0.05) is 51.1 Å². The molecule has 0 radical (unpaired) electrons. The van der Waals surface area contributed by atoms with E-state index in [1.165, 1.54) is 16.6 Å². The summed E-state index contributed by atoms with van der Waals surface area (Å²) in [4.78, 5) is 1.84. The first kappa shape index (κ1) is 28.6. The second-order valence-electron chi connectivity index (χ2n) is 9.04. The number of aliphatic hydroxyl groups excluding tert-OH is 1. The lowest BCUT2D eigenvalue weighted by molar-refractivity contribution is 0.245. The summed E-state index contributed by atoms with van der Waals surface area (Å²) in [7, 11) is 5.82. The largest absolute Gasteiger partial charge is 0.511 e. The molecule has 5 N–H and O–H groups in total. The van der Waals surface area contributed by atoms with Crippen molar-refractivity contribution < 1.29 is 5.11 Å². The number of likely N-dealkylation sites (N-methyl/N-ethyl adjacent to an activating group) is 1. The minimum Gasteiger partial charge on any atom is -0.511 e. The summed E-state index contributed by atoms with van der Waals surface area (Å²) in [5.74, 6) is 0.105. The Kier molecular flexibility index (Phi) is 11.2. The molecule has 2 aromatic rings. The number of nitrogens with zero attached hydrogens (tertiary/aromatic N) is 3. The second kappa shape index (κ2) is 14.1. The van der Waals surface area contributed by atoms with Crippen LogP contribution >= 0.6 is 0 Å². The first-order chi connectivity index (χ1) is 17.1. The van der Waals surface area contributed by atoms with E-state index in [0.29, 0.717) is 26.2 Å². The molecule has 0 atom stereocenters. The van der Waals surface area contributed by atoms with E-state index in [9.17, 15) is 5.11 Å². The van der Waals surface area contributed by atoms with E-state index < -0.39 is 0 Å². The predicted octanol–water partition coefficient (Wildman–Crippen LogP) is 3.42. The van der Waals surface area contributed by atoms with Crippen LogP contribution in [-0.2, 0) is 13.1 Å². The highest BCUT2D eigenvalue weighted by atomic mass is 16.3. The summed E-state index contributed by atoms with van der Waals surface area (Å²) in [6.45, 7) is 23.5. The Labute approximate surface area is 216 Å². The van der Waals surface area contributed by atoms with Crippen LogP contribution in [0.3, 0.4) is 0 Å². The van der Waals surface area contributed by atoms with Gasteiger partial charge in [-0.15, -0.1) is 0 Å². The van der Waals surface area contributed by atoms with Gasteiger partial charge in [-0.3, -0.25) is 5.43 Å². The van der Waals surface area contributed by atoms with Gasteiger partial charge in [-0.2, -0.15) is 0 Å². The van der Waals surface area contributed by atoms with Gasteiger partial charge in [0, 0.05) is 61.1 Å². The third-order valence-corrected chi connectivity index (χ3v) is 5.92. The molecule has 0 amide bonds. The van der Waals surface area contributed by atoms with Gasteiger partial charge in [-0.25, -0.2) is 5.01 Å². The number of allylic oxidation sites excluding steroid dienone is 1. The van der Waals surface area contributed by atoms with Gasteiger partial charge in [0.1, 0.15) is 5.76 Å². The van der Waals surface area contributed by atoms with Crippen molar-refractivity contribution in [1.82, 2.24) is 35.9 Å². The maximum absolute atomic E-state index is 9.31. The Morgan fingerprint density at radius 2 is 1.53 bits per heavy atom. The molecule has 8 nitrogen and oxygen atoms in total. The molecule has 0 fully saturated rings. The monoisotopic (exact) mass is 493 g/mol. The molecule has 36 heavy (non-hydrogen) atoms. The molecule has 0 unspecified atom stereocenters. The van der Waals surface area contributed by atoms with Crippen LogP contribution in [0.25, 0.3) is 10.9 Å². The number of aromatic nitrogens is 1. The van der Waals surface area contributed by atoms with E-state index >= 15 is 0 Å². The summed E-state index contributed by atoms with van der Waals surface area (Å²) >= 11 is 0. The number of aliphatic hydroxyl groups is 1. The number of hydrazine groups is 1. The fraction of sp³-hybridized carbons (Fsp3) is 0.357. The van der Waals surface area contributed by atoms with Crippen LogP contribution in [-0.4, -0.2) is 66.9 Å². The summed E-state index contributed by atoms with van der Waals surface area (Å²) in [6, 6.07) is 10.7. The summed E-state index contributed by atoms with van der Waals surface area (Å²) in [6.07, 6.45) is 0.812. The van der Waals surface area contributed by atoms with E-state index in [-0.39, 0.29) is 5.76 Å². The van der Waals surface area contributed by atoms with Gasteiger partial charge in [0.05, 0.1) is 32.7 Å². The van der Waals surface area contributed by atoms with E-state index in [2.05, 4.69) is 94.2 Å². The molecular formula is C28H43N7O. The number of fused-ring (bicyclic) bond motifs is 1. The van der Waals surface area contributed by atoms with Crippen LogP contribution in [0.4, 0.5) is 0 Å². The zero-order valence-corrected chi connectivity index (χ0v) is 22.2. The summed E-state index contributed by atoms with van der Waals surface area (Å²) in [5, 5.41) is 22.5. The average Bonchev–Trinajstić information content (AvgIpc) is 3.19. The van der Waals surface area contributed by atoms with Crippen molar-refractivity contribution in [3.8, 4) is 0 Å². The molecule has 0 saturated heterocycles. The molecule has 0 aliphatic rings. The number of para-hydroxylation sites is 1. The van der Waals surface area contributed by atoms with E-state index in [4.69, 9.17) is 0 Å². The Bertz CT molecular complexity index is 1080. The smallest absolute Gasteiger partial charge is 0.104 e. The fourth-order valence-corrected chi connectivity index (χ4v) is 3.66. The van der Waals surface area contributed by atoms with Gasteiger partial charge in [0.25, 0.3) is 0 Å². The van der Waals surface area contributed by atoms with Gasteiger partial charge < -0.3 is 30.5 Å². The Morgan fingerprint density at radius 3 is 2.17 bits per heavy atom. The maximum atomic E-state index is 9.31. The molecule has 1 heterocycles. The molecule has 196 valence electrons. The molecule has 1 aromatic carbocycles. The Morgan fingerprint density at radius 1 is 0.917 bits per heavy atom. The molecular weight excluding hydrogens is 450 g/mol. The quantitative estimate of drug-likeness (QED) is 0.161. The lowest BCUT2D eigenvalue weighted by Gasteiger charge is -2.22. The van der Waals surface area contributed by atoms with Crippen LogP contribution in [0.15, 0.2) is 91.8 Å². The molecule has 8 heteroatoms. The van der Waals surface area contributed by atoms with Crippen LogP contribution < -0.4 is 21.4 Å². The summed E-state index contributed by atoms with van der Waals surface area (Å²) < 4.78 is 2.36. The van der Waals surface area contributed by atoms with Gasteiger partial charge >= 0.3 is 0 Å². The fourth-order valence-electron chi connectivity index (χ4n) is 3.66. The standard InChI is InChI=1S/C28H43N7O/c1-21(13-14-35-27(20-34(8)29-6)15-26-11-9-10-12-28(26)35)30-16-22(2)31-17-23(3)32-18-24(4)33(7)19-25(5)36/h9-12,15,29-32,36H,1-5,13-14,16-20H2,6-8H3. The van der Waals surface area contributed by atoms with Crippen molar-refractivity contribution >= 4 is 10.9 Å². The second-order valence-corrected chi connectivity index (χ2v) is 9.04.